The van der Waals surface area contributed by atoms with Crippen LogP contribution in [0.1, 0.15) is 19.8 Å². The summed E-state index contributed by atoms with van der Waals surface area (Å²) < 4.78 is 0. The van der Waals surface area contributed by atoms with Crippen molar-refractivity contribution in [1.29, 1.82) is 0 Å². The van der Waals surface area contributed by atoms with E-state index >= 15 is 0 Å². The van der Waals surface area contributed by atoms with Crippen molar-refractivity contribution in [3.8, 4) is 0 Å². The molecule has 3 aliphatic heterocycles. The van der Waals surface area contributed by atoms with Crippen LogP contribution in [0.15, 0.2) is 0 Å². The normalized spacial score (nSPS) is 46.4. The lowest BCUT2D eigenvalue weighted by molar-refractivity contribution is -0.0197. The van der Waals surface area contributed by atoms with Gasteiger partial charge in [0.2, 0.25) is 0 Å². The van der Waals surface area contributed by atoms with Crippen molar-refractivity contribution >= 4 is 15.9 Å². The van der Waals surface area contributed by atoms with Gasteiger partial charge in [-0.3, -0.25) is 4.90 Å². The van der Waals surface area contributed by atoms with E-state index in [0.717, 1.165) is 11.8 Å². The van der Waals surface area contributed by atoms with E-state index in [9.17, 15) is 5.11 Å². The Balaban J connectivity index is 2.03. The van der Waals surface area contributed by atoms with Crippen LogP contribution in [-0.4, -0.2) is 40.6 Å². The Bertz CT molecular complexity index is 186. The standard InChI is InChI=1S/C10H18BrNO/c1-7(11)10-5-12-3-2-8(10)4-9(12)6-13/h7-10,13H,2-6H2,1H3/t7?,8-,9+,10+/m0/s1. The van der Waals surface area contributed by atoms with Crippen LogP contribution < -0.4 is 0 Å². The second-order valence-electron chi connectivity index (χ2n) is 4.46. The molecule has 2 bridgehead atoms. The lowest BCUT2D eigenvalue weighted by Crippen LogP contribution is -2.56. The Hall–Kier alpha value is 0.400. The van der Waals surface area contributed by atoms with Gasteiger partial charge in [0.05, 0.1) is 6.61 Å². The van der Waals surface area contributed by atoms with Gasteiger partial charge in [-0.2, -0.15) is 0 Å². The van der Waals surface area contributed by atoms with Gasteiger partial charge < -0.3 is 5.11 Å². The van der Waals surface area contributed by atoms with Crippen LogP contribution >= 0.6 is 15.9 Å². The number of aliphatic hydroxyl groups excluding tert-OH is 1. The third-order valence-corrected chi connectivity index (χ3v) is 4.41. The zero-order valence-corrected chi connectivity index (χ0v) is 9.70. The summed E-state index contributed by atoms with van der Waals surface area (Å²) in [7, 11) is 0. The predicted molar refractivity (Wildman–Crippen MR) is 57.0 cm³/mol. The summed E-state index contributed by atoms with van der Waals surface area (Å²) >= 11 is 3.69. The molecule has 0 spiro atoms. The van der Waals surface area contributed by atoms with Crippen molar-refractivity contribution in [2.24, 2.45) is 11.8 Å². The summed E-state index contributed by atoms with van der Waals surface area (Å²) in [5.41, 5.74) is 0. The summed E-state index contributed by atoms with van der Waals surface area (Å²) in [6.45, 7) is 4.98. The van der Waals surface area contributed by atoms with Gasteiger partial charge in [0.15, 0.2) is 0 Å². The first-order chi connectivity index (χ1) is 6.22. The summed E-state index contributed by atoms with van der Waals surface area (Å²) in [4.78, 5) is 3.09. The number of nitrogens with zero attached hydrogens (tertiary/aromatic N) is 1. The molecule has 1 N–H and O–H groups in total. The first-order valence-electron chi connectivity index (χ1n) is 5.21. The molecule has 3 aliphatic rings. The van der Waals surface area contributed by atoms with Crippen molar-refractivity contribution in [2.45, 2.75) is 30.6 Å². The van der Waals surface area contributed by atoms with Crippen LogP contribution in [0.4, 0.5) is 0 Å². The second kappa shape index (κ2) is 3.87. The fourth-order valence-electron chi connectivity index (χ4n) is 2.89. The smallest absolute Gasteiger partial charge is 0.0586 e. The molecular formula is C10H18BrNO. The highest BCUT2D eigenvalue weighted by Gasteiger charge is 2.40. The molecule has 2 nitrogen and oxygen atoms in total. The fourth-order valence-corrected chi connectivity index (χ4v) is 3.49. The molecule has 0 amide bonds. The molecule has 5 atom stereocenters. The molecule has 3 heteroatoms. The third-order valence-electron chi connectivity index (χ3n) is 3.73. The molecule has 0 aromatic heterocycles. The highest BCUT2D eigenvalue weighted by molar-refractivity contribution is 9.09. The molecular weight excluding hydrogens is 230 g/mol. The van der Waals surface area contributed by atoms with E-state index in [1.807, 2.05) is 0 Å². The first kappa shape index (κ1) is 9.94. The van der Waals surface area contributed by atoms with Gasteiger partial charge in [-0.05, 0) is 31.2 Å². The van der Waals surface area contributed by atoms with E-state index in [0.29, 0.717) is 17.5 Å². The average Bonchev–Trinajstić information content (AvgIpc) is 2.18. The number of hydrogen-bond acceptors (Lipinski definition) is 2. The maximum absolute atomic E-state index is 9.18. The monoisotopic (exact) mass is 247 g/mol. The lowest BCUT2D eigenvalue weighted by Gasteiger charge is -2.50. The molecule has 3 saturated heterocycles. The Labute approximate surface area is 88.4 Å². The molecule has 13 heavy (non-hydrogen) atoms. The topological polar surface area (TPSA) is 23.5 Å². The van der Waals surface area contributed by atoms with Gasteiger partial charge in [0.1, 0.15) is 0 Å². The van der Waals surface area contributed by atoms with Crippen LogP contribution in [0.3, 0.4) is 0 Å². The van der Waals surface area contributed by atoms with Crippen LogP contribution in [0, 0.1) is 11.8 Å². The number of fused-ring (bicyclic) bond motifs is 3. The van der Waals surface area contributed by atoms with E-state index in [2.05, 4.69) is 27.8 Å². The molecule has 76 valence electrons. The zero-order chi connectivity index (χ0) is 9.42. The number of rotatable bonds is 2. The fraction of sp³-hybridized carbons (Fsp3) is 1.00. The van der Waals surface area contributed by atoms with Crippen molar-refractivity contribution in [1.82, 2.24) is 4.90 Å². The van der Waals surface area contributed by atoms with Gasteiger partial charge in [0.25, 0.3) is 0 Å². The molecule has 0 aromatic rings. The minimum Gasteiger partial charge on any atom is -0.395 e. The van der Waals surface area contributed by atoms with Crippen LogP contribution in [0.5, 0.6) is 0 Å². The molecule has 2 unspecified atom stereocenters. The van der Waals surface area contributed by atoms with Crippen LogP contribution in [0.2, 0.25) is 0 Å². The first-order valence-corrected chi connectivity index (χ1v) is 6.13. The second-order valence-corrected chi connectivity index (χ2v) is 5.90. The minimum absolute atomic E-state index is 0.347. The van der Waals surface area contributed by atoms with E-state index in [4.69, 9.17) is 0 Å². The maximum atomic E-state index is 9.18. The zero-order valence-electron chi connectivity index (χ0n) is 8.12. The van der Waals surface area contributed by atoms with E-state index in [-0.39, 0.29) is 0 Å². The molecule has 0 saturated carbocycles. The number of alkyl halides is 1. The van der Waals surface area contributed by atoms with Crippen molar-refractivity contribution in [3.63, 3.8) is 0 Å². The highest BCUT2D eigenvalue weighted by atomic mass is 79.9. The molecule has 0 radical (unpaired) electrons. The minimum atomic E-state index is 0.347. The van der Waals surface area contributed by atoms with Gasteiger partial charge in [-0.1, -0.05) is 22.9 Å². The quantitative estimate of drug-likeness (QED) is 0.748. The van der Waals surface area contributed by atoms with Crippen molar-refractivity contribution in [2.75, 3.05) is 19.7 Å². The van der Waals surface area contributed by atoms with Crippen LogP contribution in [0.25, 0.3) is 0 Å². The Morgan fingerprint density at radius 2 is 2.38 bits per heavy atom. The van der Waals surface area contributed by atoms with Crippen molar-refractivity contribution < 1.29 is 5.11 Å². The van der Waals surface area contributed by atoms with Gasteiger partial charge in [-0.15, -0.1) is 0 Å². The van der Waals surface area contributed by atoms with Gasteiger partial charge >= 0.3 is 0 Å². The van der Waals surface area contributed by atoms with Crippen molar-refractivity contribution in [3.05, 3.63) is 0 Å². The van der Waals surface area contributed by atoms with Crippen LogP contribution in [-0.2, 0) is 0 Å². The number of hydrogen-bond donors (Lipinski definition) is 1. The largest absolute Gasteiger partial charge is 0.395 e. The van der Waals surface area contributed by atoms with Gasteiger partial charge in [0, 0.05) is 17.4 Å². The predicted octanol–water partition coefficient (Wildman–Crippen LogP) is 1.47. The summed E-state index contributed by atoms with van der Waals surface area (Å²) in [6, 6.07) is 0.459. The average molecular weight is 248 g/mol. The number of halogens is 1. The molecule has 3 rings (SSSR count). The van der Waals surface area contributed by atoms with E-state index < -0.39 is 0 Å². The van der Waals surface area contributed by atoms with Gasteiger partial charge in [-0.25, -0.2) is 0 Å². The molecule has 0 aromatic carbocycles. The SMILES string of the molecule is CC(Br)[C@H]1CN2CC[C@H]1C[C@@H]2CO. The Morgan fingerprint density at radius 1 is 1.62 bits per heavy atom. The summed E-state index contributed by atoms with van der Waals surface area (Å²) in [5.74, 6) is 1.65. The highest BCUT2D eigenvalue weighted by Crippen LogP contribution is 2.39. The number of aliphatic hydroxyl groups is 1. The number of piperidine rings is 3. The summed E-state index contributed by atoms with van der Waals surface area (Å²) in [6.07, 6.45) is 2.54. The third kappa shape index (κ3) is 1.79. The molecule has 3 fully saturated rings. The summed E-state index contributed by atoms with van der Waals surface area (Å²) in [5, 5.41) is 9.18. The Morgan fingerprint density at radius 3 is 2.85 bits per heavy atom. The lowest BCUT2D eigenvalue weighted by atomic mass is 9.74. The Kier molecular flexibility index (Phi) is 2.96. The van der Waals surface area contributed by atoms with E-state index in [1.54, 1.807) is 0 Å². The molecule has 0 aliphatic carbocycles. The molecule has 3 heterocycles. The maximum Gasteiger partial charge on any atom is 0.0586 e. The van der Waals surface area contributed by atoms with E-state index in [1.165, 1.54) is 25.9 Å².